The van der Waals surface area contributed by atoms with Crippen molar-refractivity contribution in [2.45, 2.75) is 13.2 Å². The number of amides is 1. The van der Waals surface area contributed by atoms with Gasteiger partial charge in [-0.3, -0.25) is 9.48 Å². The molecule has 0 saturated carbocycles. The molecule has 0 aliphatic carbocycles. The molecule has 1 amide bonds. The summed E-state index contributed by atoms with van der Waals surface area (Å²) in [5.41, 5.74) is 3.45. The van der Waals surface area contributed by atoms with Crippen molar-refractivity contribution in [1.82, 2.24) is 9.78 Å². The number of carbonyl (C=O) groups is 1. The van der Waals surface area contributed by atoms with Crippen LogP contribution >= 0.6 is 0 Å². The van der Waals surface area contributed by atoms with Gasteiger partial charge in [0.05, 0.1) is 26.1 Å². The Morgan fingerprint density at radius 2 is 2.00 bits per heavy atom. The van der Waals surface area contributed by atoms with Gasteiger partial charge in [-0.2, -0.15) is 5.10 Å². The zero-order chi connectivity index (χ0) is 18.8. The van der Waals surface area contributed by atoms with Crippen molar-refractivity contribution in [3.05, 3.63) is 54.2 Å². The molecule has 2 aromatic carbocycles. The van der Waals surface area contributed by atoms with E-state index >= 15 is 0 Å². The standard InChI is InChI=1S/C20H19N3O4/c1-25-17-8-7-14(9-18(17)26-2)22-19(24)11-23-20-13(10-21-23)12-27-16-6-4-3-5-15(16)20/h3-10H,11-12H2,1-2H3,(H,22,24). The molecule has 2 heterocycles. The van der Waals surface area contributed by atoms with E-state index in [1.165, 1.54) is 0 Å². The number of rotatable bonds is 5. The van der Waals surface area contributed by atoms with E-state index in [0.29, 0.717) is 23.8 Å². The molecule has 0 atom stereocenters. The van der Waals surface area contributed by atoms with Crippen molar-refractivity contribution in [2.75, 3.05) is 19.5 Å². The van der Waals surface area contributed by atoms with Crippen LogP contribution in [0.2, 0.25) is 0 Å². The molecule has 0 unspecified atom stereocenters. The third-order valence-corrected chi connectivity index (χ3v) is 4.40. The highest BCUT2D eigenvalue weighted by Crippen LogP contribution is 2.37. The van der Waals surface area contributed by atoms with Crippen LogP contribution in [0.5, 0.6) is 17.2 Å². The maximum absolute atomic E-state index is 12.6. The smallest absolute Gasteiger partial charge is 0.246 e. The highest BCUT2D eigenvalue weighted by Gasteiger charge is 2.22. The van der Waals surface area contributed by atoms with E-state index in [4.69, 9.17) is 14.2 Å². The highest BCUT2D eigenvalue weighted by molar-refractivity contribution is 5.91. The van der Waals surface area contributed by atoms with E-state index in [2.05, 4.69) is 10.4 Å². The minimum Gasteiger partial charge on any atom is -0.493 e. The van der Waals surface area contributed by atoms with E-state index in [0.717, 1.165) is 22.6 Å². The number of hydrogen-bond acceptors (Lipinski definition) is 5. The Kier molecular flexibility index (Phi) is 4.42. The van der Waals surface area contributed by atoms with Gasteiger partial charge in [-0.15, -0.1) is 0 Å². The molecule has 0 saturated heterocycles. The number of hydrogen-bond donors (Lipinski definition) is 1. The molecule has 1 aliphatic rings. The molecule has 0 fully saturated rings. The number of ether oxygens (including phenoxy) is 3. The van der Waals surface area contributed by atoms with Crippen molar-refractivity contribution in [1.29, 1.82) is 0 Å². The van der Waals surface area contributed by atoms with E-state index in [1.54, 1.807) is 43.3 Å². The van der Waals surface area contributed by atoms with Gasteiger partial charge in [0.25, 0.3) is 0 Å². The predicted molar refractivity (Wildman–Crippen MR) is 100 cm³/mol. The maximum atomic E-state index is 12.6. The average Bonchev–Trinajstić information content (AvgIpc) is 3.11. The van der Waals surface area contributed by atoms with Crippen molar-refractivity contribution in [2.24, 2.45) is 0 Å². The number of fused-ring (bicyclic) bond motifs is 3. The molecule has 27 heavy (non-hydrogen) atoms. The van der Waals surface area contributed by atoms with E-state index in [1.807, 2.05) is 24.3 Å². The summed E-state index contributed by atoms with van der Waals surface area (Å²) in [6.07, 6.45) is 1.75. The van der Waals surface area contributed by atoms with Crippen LogP contribution in [0, 0.1) is 0 Å². The van der Waals surface area contributed by atoms with Crippen molar-refractivity contribution < 1.29 is 19.0 Å². The maximum Gasteiger partial charge on any atom is 0.246 e. The second kappa shape index (κ2) is 7.03. The minimum absolute atomic E-state index is 0.0953. The van der Waals surface area contributed by atoms with Crippen molar-refractivity contribution >= 4 is 11.6 Å². The second-order valence-electron chi connectivity index (χ2n) is 6.08. The summed E-state index contributed by atoms with van der Waals surface area (Å²) in [7, 11) is 3.12. The van der Waals surface area contributed by atoms with Gasteiger partial charge in [-0.1, -0.05) is 12.1 Å². The van der Waals surface area contributed by atoms with E-state index < -0.39 is 0 Å². The largest absolute Gasteiger partial charge is 0.493 e. The first-order valence-electron chi connectivity index (χ1n) is 8.48. The number of aromatic nitrogens is 2. The number of carbonyl (C=O) groups excluding carboxylic acids is 1. The summed E-state index contributed by atoms with van der Waals surface area (Å²) in [5.74, 6) is 1.77. The van der Waals surface area contributed by atoms with E-state index in [-0.39, 0.29) is 12.5 Å². The van der Waals surface area contributed by atoms with Gasteiger partial charge in [-0.05, 0) is 24.3 Å². The van der Waals surface area contributed by atoms with Crippen LogP contribution in [0.15, 0.2) is 48.7 Å². The second-order valence-corrected chi connectivity index (χ2v) is 6.08. The number of benzene rings is 2. The molecule has 0 spiro atoms. The molecule has 1 aliphatic heterocycles. The molecule has 7 nitrogen and oxygen atoms in total. The number of methoxy groups -OCH3 is 2. The molecular formula is C20H19N3O4. The normalized spacial score (nSPS) is 11.8. The Morgan fingerprint density at radius 1 is 1.19 bits per heavy atom. The third-order valence-electron chi connectivity index (χ3n) is 4.40. The molecular weight excluding hydrogens is 346 g/mol. The van der Waals surface area contributed by atoms with Gasteiger partial charge in [0, 0.05) is 22.9 Å². The Labute approximate surface area is 156 Å². The Balaban J connectivity index is 1.55. The average molecular weight is 365 g/mol. The summed E-state index contributed by atoms with van der Waals surface area (Å²) in [5, 5.41) is 7.24. The van der Waals surface area contributed by atoms with Gasteiger partial charge in [0.1, 0.15) is 18.9 Å². The Bertz CT molecular complexity index is 997. The Morgan fingerprint density at radius 3 is 2.81 bits per heavy atom. The molecule has 0 bridgehead atoms. The van der Waals surface area contributed by atoms with Crippen LogP contribution in [0.1, 0.15) is 5.56 Å². The zero-order valence-corrected chi connectivity index (χ0v) is 15.1. The summed E-state index contributed by atoms with van der Waals surface area (Å²) in [6.45, 7) is 0.543. The van der Waals surface area contributed by atoms with Crippen LogP contribution in [0.3, 0.4) is 0 Å². The van der Waals surface area contributed by atoms with Crippen molar-refractivity contribution in [3.8, 4) is 28.5 Å². The summed E-state index contributed by atoms with van der Waals surface area (Å²) in [6, 6.07) is 13.0. The van der Waals surface area contributed by atoms with Gasteiger partial charge in [0.2, 0.25) is 5.91 Å². The lowest BCUT2D eigenvalue weighted by Crippen LogP contribution is -2.21. The Hall–Kier alpha value is -3.48. The number of nitrogens with zero attached hydrogens (tertiary/aromatic N) is 2. The lowest BCUT2D eigenvalue weighted by atomic mass is 10.0. The van der Waals surface area contributed by atoms with Crippen LogP contribution in [-0.2, 0) is 17.9 Å². The molecule has 138 valence electrons. The lowest BCUT2D eigenvalue weighted by Gasteiger charge is -2.19. The SMILES string of the molecule is COc1ccc(NC(=O)Cn2ncc3c2-c2ccccc2OC3)cc1OC. The fourth-order valence-electron chi connectivity index (χ4n) is 3.16. The molecule has 1 aromatic heterocycles. The van der Waals surface area contributed by atoms with Gasteiger partial charge >= 0.3 is 0 Å². The first-order valence-corrected chi connectivity index (χ1v) is 8.48. The first-order chi connectivity index (χ1) is 13.2. The molecule has 7 heteroatoms. The summed E-state index contributed by atoms with van der Waals surface area (Å²) < 4.78 is 17.9. The predicted octanol–water partition coefficient (Wildman–Crippen LogP) is 3.10. The fourth-order valence-corrected chi connectivity index (χ4v) is 3.16. The van der Waals surface area contributed by atoms with Crippen LogP contribution in [0.4, 0.5) is 5.69 Å². The van der Waals surface area contributed by atoms with Gasteiger partial charge < -0.3 is 19.5 Å². The van der Waals surface area contributed by atoms with E-state index in [9.17, 15) is 4.79 Å². The zero-order valence-electron chi connectivity index (χ0n) is 15.1. The summed E-state index contributed by atoms with van der Waals surface area (Å²) in [4.78, 5) is 12.6. The molecule has 0 radical (unpaired) electrons. The fraction of sp³-hybridized carbons (Fsp3) is 0.200. The topological polar surface area (TPSA) is 74.6 Å². The summed E-state index contributed by atoms with van der Waals surface area (Å²) >= 11 is 0. The molecule has 1 N–H and O–H groups in total. The number of anilines is 1. The minimum atomic E-state index is -0.183. The number of para-hydroxylation sites is 1. The third kappa shape index (κ3) is 3.19. The van der Waals surface area contributed by atoms with Crippen LogP contribution in [-0.4, -0.2) is 29.9 Å². The van der Waals surface area contributed by atoms with Crippen LogP contribution < -0.4 is 19.5 Å². The highest BCUT2D eigenvalue weighted by atomic mass is 16.5. The molecule has 3 aromatic rings. The van der Waals surface area contributed by atoms with Gasteiger partial charge in [-0.25, -0.2) is 0 Å². The van der Waals surface area contributed by atoms with Crippen molar-refractivity contribution in [3.63, 3.8) is 0 Å². The first kappa shape index (κ1) is 17.0. The van der Waals surface area contributed by atoms with Gasteiger partial charge in [0.15, 0.2) is 11.5 Å². The molecule has 4 rings (SSSR count). The quantitative estimate of drug-likeness (QED) is 0.752. The van der Waals surface area contributed by atoms with Crippen LogP contribution in [0.25, 0.3) is 11.3 Å². The number of nitrogens with one attached hydrogen (secondary N) is 1. The monoisotopic (exact) mass is 365 g/mol. The lowest BCUT2D eigenvalue weighted by molar-refractivity contribution is -0.116.